The molecule has 28 heavy (non-hydrogen) atoms. The van der Waals surface area contributed by atoms with E-state index in [4.69, 9.17) is 23.2 Å². The number of carbonyl (C=O) groups is 1. The summed E-state index contributed by atoms with van der Waals surface area (Å²) in [6, 6.07) is 11.9. The van der Waals surface area contributed by atoms with Crippen LogP contribution in [0.15, 0.2) is 42.6 Å². The fourth-order valence-electron chi connectivity index (χ4n) is 3.62. The van der Waals surface area contributed by atoms with Gasteiger partial charge in [-0.3, -0.25) is 4.79 Å². The smallest absolute Gasteiger partial charge is 0.220 e. The Balaban J connectivity index is 2.01. The van der Waals surface area contributed by atoms with Gasteiger partial charge in [0, 0.05) is 36.0 Å². The number of benzene rings is 2. The number of hydrogen-bond donors (Lipinski definition) is 2. The lowest BCUT2D eigenvalue weighted by Crippen LogP contribution is -2.26. The summed E-state index contributed by atoms with van der Waals surface area (Å²) in [6.45, 7) is 4.96. The molecule has 1 aromatic heterocycles. The van der Waals surface area contributed by atoms with Crippen molar-refractivity contribution in [3.63, 3.8) is 0 Å². The van der Waals surface area contributed by atoms with Crippen molar-refractivity contribution in [1.82, 2.24) is 10.3 Å². The number of aryl methyl sites for hydroxylation is 1. The van der Waals surface area contributed by atoms with Crippen molar-refractivity contribution in [2.45, 2.75) is 45.4 Å². The van der Waals surface area contributed by atoms with Gasteiger partial charge in [-0.15, -0.1) is 0 Å². The minimum absolute atomic E-state index is 0.0468. The number of para-hydroxylation sites is 1. The molecular weight excluding hydrogens is 391 g/mol. The molecule has 3 rings (SSSR count). The topological polar surface area (TPSA) is 44.9 Å². The van der Waals surface area contributed by atoms with Crippen molar-refractivity contribution in [2.75, 3.05) is 6.54 Å². The molecule has 1 amide bonds. The highest BCUT2D eigenvalue weighted by Gasteiger charge is 2.22. The molecule has 0 bridgehead atoms. The fraction of sp³-hybridized carbons (Fsp3) is 0.348. The van der Waals surface area contributed by atoms with E-state index in [0.717, 1.165) is 41.3 Å². The van der Waals surface area contributed by atoms with Gasteiger partial charge < -0.3 is 10.3 Å². The van der Waals surface area contributed by atoms with E-state index in [1.807, 2.05) is 18.3 Å². The maximum absolute atomic E-state index is 12.6. The minimum atomic E-state index is -0.0998. The van der Waals surface area contributed by atoms with Crippen LogP contribution in [0.4, 0.5) is 0 Å². The van der Waals surface area contributed by atoms with Gasteiger partial charge in [-0.05, 0) is 41.7 Å². The third kappa shape index (κ3) is 4.53. The Hall–Kier alpha value is -1.97. The largest absolute Gasteiger partial charge is 0.361 e. The summed E-state index contributed by atoms with van der Waals surface area (Å²) in [5, 5.41) is 5.21. The molecule has 0 fully saturated rings. The summed E-state index contributed by atoms with van der Waals surface area (Å²) < 4.78 is 0. The van der Waals surface area contributed by atoms with Crippen LogP contribution in [-0.4, -0.2) is 17.4 Å². The monoisotopic (exact) mass is 416 g/mol. The van der Waals surface area contributed by atoms with Crippen LogP contribution in [-0.2, 0) is 11.2 Å². The third-order valence-corrected chi connectivity index (χ3v) is 5.92. The van der Waals surface area contributed by atoms with Gasteiger partial charge >= 0.3 is 0 Å². The van der Waals surface area contributed by atoms with E-state index in [2.05, 4.69) is 42.3 Å². The molecule has 0 aliphatic carbocycles. The molecule has 2 aromatic carbocycles. The van der Waals surface area contributed by atoms with Gasteiger partial charge in [0.25, 0.3) is 0 Å². The first-order valence-corrected chi connectivity index (χ1v) is 10.6. The van der Waals surface area contributed by atoms with Gasteiger partial charge in [0.2, 0.25) is 5.91 Å². The second-order valence-electron chi connectivity index (χ2n) is 7.07. The average molecular weight is 417 g/mol. The minimum Gasteiger partial charge on any atom is -0.361 e. The zero-order chi connectivity index (χ0) is 20.1. The van der Waals surface area contributed by atoms with E-state index in [1.165, 1.54) is 5.56 Å². The van der Waals surface area contributed by atoms with E-state index in [9.17, 15) is 4.79 Å². The summed E-state index contributed by atoms with van der Waals surface area (Å²) in [7, 11) is 0. The van der Waals surface area contributed by atoms with E-state index in [1.54, 1.807) is 6.07 Å². The zero-order valence-corrected chi connectivity index (χ0v) is 17.8. The Morgan fingerprint density at radius 2 is 1.96 bits per heavy atom. The van der Waals surface area contributed by atoms with E-state index < -0.39 is 0 Å². The van der Waals surface area contributed by atoms with E-state index in [0.29, 0.717) is 23.0 Å². The molecule has 5 heteroatoms. The fourth-order valence-corrected chi connectivity index (χ4v) is 3.93. The predicted octanol–water partition coefficient (Wildman–Crippen LogP) is 6.48. The molecule has 3 nitrogen and oxygen atoms in total. The Bertz CT molecular complexity index is 964. The number of unbranched alkanes of at least 4 members (excludes halogenated alkanes) is 1. The average Bonchev–Trinajstić information content (AvgIpc) is 3.12. The van der Waals surface area contributed by atoms with Crippen LogP contribution in [0.25, 0.3) is 10.9 Å². The zero-order valence-electron chi connectivity index (χ0n) is 16.3. The van der Waals surface area contributed by atoms with Crippen molar-refractivity contribution in [3.05, 3.63) is 69.3 Å². The first-order chi connectivity index (χ1) is 13.5. The predicted molar refractivity (Wildman–Crippen MR) is 119 cm³/mol. The molecule has 3 aromatic rings. The lowest BCUT2D eigenvalue weighted by Gasteiger charge is -2.18. The van der Waals surface area contributed by atoms with Crippen LogP contribution in [0.5, 0.6) is 0 Å². The molecule has 0 unspecified atom stereocenters. The Morgan fingerprint density at radius 3 is 2.68 bits per heavy atom. The molecule has 1 heterocycles. The number of nitrogens with one attached hydrogen (secondary N) is 2. The van der Waals surface area contributed by atoms with Crippen molar-refractivity contribution in [2.24, 2.45) is 0 Å². The van der Waals surface area contributed by atoms with Gasteiger partial charge in [0.05, 0.1) is 10.0 Å². The Labute approximate surface area is 176 Å². The molecule has 0 saturated carbocycles. The molecule has 0 aliphatic rings. The van der Waals surface area contributed by atoms with Crippen molar-refractivity contribution in [1.29, 1.82) is 0 Å². The molecule has 1 atom stereocenters. The highest BCUT2D eigenvalue weighted by Crippen LogP contribution is 2.36. The van der Waals surface area contributed by atoms with Crippen LogP contribution in [0.3, 0.4) is 0 Å². The Morgan fingerprint density at radius 1 is 1.14 bits per heavy atom. The second-order valence-corrected chi connectivity index (χ2v) is 7.89. The van der Waals surface area contributed by atoms with Gasteiger partial charge in [0.15, 0.2) is 0 Å². The summed E-state index contributed by atoms with van der Waals surface area (Å²) in [4.78, 5) is 16.0. The van der Waals surface area contributed by atoms with Crippen LogP contribution >= 0.6 is 23.2 Å². The third-order valence-electron chi connectivity index (χ3n) is 5.18. The molecule has 148 valence electrons. The molecule has 0 saturated heterocycles. The number of H-pyrrole nitrogens is 1. The molecule has 0 radical (unpaired) electrons. The normalized spacial score (nSPS) is 12.3. The molecule has 0 spiro atoms. The lowest BCUT2D eigenvalue weighted by atomic mass is 9.87. The number of fused-ring (bicyclic) bond motifs is 1. The SMILES string of the molecule is CCCCNC(=O)C[C@H](c1ccc(Cl)c(Cl)c1)c1c[nH]c2c(CC)cccc12. The molecular formula is C23H26Cl2N2O. The van der Waals surface area contributed by atoms with E-state index >= 15 is 0 Å². The number of carbonyl (C=O) groups excluding carboxylic acids is 1. The van der Waals surface area contributed by atoms with E-state index in [-0.39, 0.29) is 11.8 Å². The highest BCUT2D eigenvalue weighted by atomic mass is 35.5. The maximum atomic E-state index is 12.6. The number of aromatic amines is 1. The van der Waals surface area contributed by atoms with Crippen LogP contribution in [0, 0.1) is 0 Å². The Kier molecular flexibility index (Phi) is 7.03. The van der Waals surface area contributed by atoms with Crippen molar-refractivity contribution < 1.29 is 4.79 Å². The summed E-state index contributed by atoms with van der Waals surface area (Å²) in [5.74, 6) is -0.0530. The number of halogens is 2. The van der Waals surface area contributed by atoms with Crippen LogP contribution in [0.2, 0.25) is 10.0 Å². The molecule has 0 aliphatic heterocycles. The molecule has 2 N–H and O–H groups in total. The van der Waals surface area contributed by atoms with Crippen molar-refractivity contribution in [3.8, 4) is 0 Å². The highest BCUT2D eigenvalue weighted by molar-refractivity contribution is 6.42. The second kappa shape index (κ2) is 9.49. The summed E-state index contributed by atoms with van der Waals surface area (Å²) in [5.41, 5.74) is 4.50. The number of amides is 1. The lowest BCUT2D eigenvalue weighted by molar-refractivity contribution is -0.121. The number of aromatic nitrogens is 1. The standard InChI is InChI=1S/C23H26Cl2N2O/c1-3-5-11-26-22(28)13-18(16-9-10-20(24)21(25)12-16)19-14-27-23-15(4-2)7-6-8-17(19)23/h6-10,12,14,18,27H,3-5,11,13H2,1-2H3,(H,26,28)/t18-/m1/s1. The summed E-state index contributed by atoms with van der Waals surface area (Å²) >= 11 is 12.4. The van der Waals surface area contributed by atoms with Gasteiger partial charge in [-0.2, -0.15) is 0 Å². The quantitative estimate of drug-likeness (QED) is 0.405. The maximum Gasteiger partial charge on any atom is 0.220 e. The van der Waals surface area contributed by atoms with Gasteiger partial charge in [-0.25, -0.2) is 0 Å². The first-order valence-electron chi connectivity index (χ1n) is 9.85. The van der Waals surface area contributed by atoms with Crippen LogP contribution in [0.1, 0.15) is 55.7 Å². The number of rotatable bonds is 8. The van der Waals surface area contributed by atoms with Crippen LogP contribution < -0.4 is 5.32 Å². The van der Waals surface area contributed by atoms with Gasteiger partial charge in [-0.1, -0.05) is 67.7 Å². The van der Waals surface area contributed by atoms with Gasteiger partial charge in [0.1, 0.15) is 0 Å². The van der Waals surface area contributed by atoms with Crippen molar-refractivity contribution >= 4 is 40.0 Å². The summed E-state index contributed by atoms with van der Waals surface area (Å²) in [6.07, 6.45) is 5.38. The number of hydrogen-bond acceptors (Lipinski definition) is 1. The first kappa shape index (κ1) is 20.8.